The van der Waals surface area contributed by atoms with Crippen LogP contribution in [0.4, 0.5) is 0 Å². The van der Waals surface area contributed by atoms with Crippen molar-refractivity contribution < 1.29 is 9.53 Å². The normalized spacial score (nSPS) is 22.9. The molecule has 0 aliphatic carbocycles. The number of hydrogen-bond acceptors (Lipinski definition) is 4. The monoisotopic (exact) mass is 282 g/mol. The highest BCUT2D eigenvalue weighted by Gasteiger charge is 2.33. The van der Waals surface area contributed by atoms with Crippen molar-refractivity contribution in [2.24, 2.45) is 5.73 Å². The molecule has 2 rings (SSSR count). The number of hydrogen-bond donors (Lipinski definition) is 1. The predicted molar refractivity (Wildman–Crippen MR) is 77.0 cm³/mol. The van der Waals surface area contributed by atoms with Crippen molar-refractivity contribution in [3.63, 3.8) is 0 Å². The van der Waals surface area contributed by atoms with E-state index in [2.05, 4.69) is 6.07 Å². The lowest BCUT2D eigenvalue weighted by molar-refractivity contribution is -0.145. The molecule has 0 saturated carbocycles. The summed E-state index contributed by atoms with van der Waals surface area (Å²) in [6, 6.07) is 4.25. The Morgan fingerprint density at radius 2 is 2.37 bits per heavy atom. The van der Waals surface area contributed by atoms with Gasteiger partial charge in [-0.3, -0.25) is 4.79 Å². The standard InChI is InChI=1S/C14H22N2O2S/c1-10(2)16(9-12-4-3-7-19-12)14(17)13-6-5-11(8-15)18-13/h3-4,7,10-11,13H,5-6,8-9,15H2,1-2H3/t11-,13+/m1/s1. The summed E-state index contributed by atoms with van der Waals surface area (Å²) in [4.78, 5) is 15.6. The predicted octanol–water partition coefficient (Wildman–Crippen LogP) is 1.99. The van der Waals surface area contributed by atoms with Gasteiger partial charge >= 0.3 is 0 Å². The maximum atomic E-state index is 12.5. The first-order chi connectivity index (χ1) is 9.11. The zero-order valence-corrected chi connectivity index (χ0v) is 12.4. The van der Waals surface area contributed by atoms with E-state index in [9.17, 15) is 4.79 Å². The third kappa shape index (κ3) is 3.55. The lowest BCUT2D eigenvalue weighted by Gasteiger charge is -2.29. The van der Waals surface area contributed by atoms with Crippen molar-refractivity contribution in [2.45, 2.75) is 51.5 Å². The van der Waals surface area contributed by atoms with Gasteiger partial charge < -0.3 is 15.4 Å². The van der Waals surface area contributed by atoms with Gasteiger partial charge in [-0.05, 0) is 38.1 Å². The molecule has 1 aromatic heterocycles. The minimum absolute atomic E-state index is 0.0460. The summed E-state index contributed by atoms with van der Waals surface area (Å²) < 4.78 is 5.71. The molecule has 19 heavy (non-hydrogen) atoms. The summed E-state index contributed by atoms with van der Waals surface area (Å²) in [5.41, 5.74) is 5.59. The molecule has 106 valence electrons. The summed E-state index contributed by atoms with van der Waals surface area (Å²) >= 11 is 1.68. The third-order valence-electron chi connectivity index (χ3n) is 3.46. The van der Waals surface area contributed by atoms with E-state index in [-0.39, 0.29) is 24.2 Å². The lowest BCUT2D eigenvalue weighted by atomic mass is 10.1. The van der Waals surface area contributed by atoms with E-state index in [1.807, 2.05) is 30.2 Å². The molecule has 0 bridgehead atoms. The van der Waals surface area contributed by atoms with Gasteiger partial charge in [-0.25, -0.2) is 0 Å². The Kier molecular flexibility index (Phi) is 4.96. The van der Waals surface area contributed by atoms with Crippen molar-refractivity contribution in [2.75, 3.05) is 6.54 Å². The zero-order chi connectivity index (χ0) is 13.8. The number of carbonyl (C=O) groups is 1. The van der Waals surface area contributed by atoms with E-state index in [1.165, 1.54) is 4.88 Å². The van der Waals surface area contributed by atoms with Crippen LogP contribution in [0.3, 0.4) is 0 Å². The van der Waals surface area contributed by atoms with Gasteiger partial charge in [-0.2, -0.15) is 0 Å². The maximum Gasteiger partial charge on any atom is 0.252 e. The molecule has 0 spiro atoms. The fraction of sp³-hybridized carbons (Fsp3) is 0.643. The van der Waals surface area contributed by atoms with Gasteiger partial charge in [0.25, 0.3) is 5.91 Å². The fourth-order valence-electron chi connectivity index (χ4n) is 2.33. The topological polar surface area (TPSA) is 55.6 Å². The molecule has 1 fully saturated rings. The molecular formula is C14H22N2O2S. The molecule has 1 aliphatic heterocycles. The molecule has 4 nitrogen and oxygen atoms in total. The second kappa shape index (κ2) is 6.50. The van der Waals surface area contributed by atoms with Crippen LogP contribution in [0.25, 0.3) is 0 Å². The molecule has 1 aliphatic rings. The summed E-state index contributed by atoms with van der Waals surface area (Å²) in [7, 11) is 0. The van der Waals surface area contributed by atoms with Crippen molar-refractivity contribution in [3.05, 3.63) is 22.4 Å². The summed E-state index contributed by atoms with van der Waals surface area (Å²) in [5, 5.41) is 2.04. The van der Waals surface area contributed by atoms with Gasteiger partial charge in [0, 0.05) is 17.5 Å². The molecule has 0 aromatic carbocycles. The summed E-state index contributed by atoms with van der Waals surface area (Å²) in [6.45, 7) is 5.25. The number of nitrogens with two attached hydrogens (primary N) is 1. The van der Waals surface area contributed by atoms with Crippen LogP contribution >= 0.6 is 11.3 Å². The van der Waals surface area contributed by atoms with Crippen molar-refractivity contribution in [3.8, 4) is 0 Å². The van der Waals surface area contributed by atoms with E-state index >= 15 is 0 Å². The second-order valence-corrected chi connectivity index (χ2v) is 6.23. The van der Waals surface area contributed by atoms with Crippen molar-refractivity contribution >= 4 is 17.2 Å². The van der Waals surface area contributed by atoms with Crippen molar-refractivity contribution in [1.82, 2.24) is 4.90 Å². The number of rotatable bonds is 5. The number of ether oxygens (including phenoxy) is 1. The smallest absolute Gasteiger partial charge is 0.252 e. The zero-order valence-electron chi connectivity index (χ0n) is 11.5. The first-order valence-electron chi connectivity index (χ1n) is 6.80. The first-order valence-corrected chi connectivity index (χ1v) is 7.68. The third-order valence-corrected chi connectivity index (χ3v) is 4.32. The summed E-state index contributed by atoms with van der Waals surface area (Å²) in [5.74, 6) is 0.0966. The fourth-order valence-corrected chi connectivity index (χ4v) is 3.03. The SMILES string of the molecule is CC(C)N(Cc1cccs1)C(=O)[C@@H]1CC[C@H](CN)O1. The second-order valence-electron chi connectivity index (χ2n) is 5.20. The van der Waals surface area contributed by atoms with Crippen LogP contribution in [-0.4, -0.2) is 35.6 Å². The minimum atomic E-state index is -0.309. The van der Waals surface area contributed by atoms with E-state index in [0.29, 0.717) is 13.1 Å². The highest BCUT2D eigenvalue weighted by atomic mass is 32.1. The van der Waals surface area contributed by atoms with Crippen molar-refractivity contribution in [1.29, 1.82) is 0 Å². The van der Waals surface area contributed by atoms with Crippen LogP contribution in [0.15, 0.2) is 17.5 Å². The van der Waals surface area contributed by atoms with Gasteiger partial charge in [-0.1, -0.05) is 6.07 Å². The number of nitrogens with zero attached hydrogens (tertiary/aromatic N) is 1. The quantitative estimate of drug-likeness (QED) is 0.898. The Labute approximate surface area is 118 Å². The first kappa shape index (κ1) is 14.5. The number of carbonyl (C=O) groups excluding carboxylic acids is 1. The highest BCUT2D eigenvalue weighted by molar-refractivity contribution is 7.09. The van der Waals surface area contributed by atoms with E-state index in [0.717, 1.165) is 12.8 Å². The number of thiophene rings is 1. The Balaban J connectivity index is 2.01. The molecule has 0 radical (unpaired) electrons. The summed E-state index contributed by atoms with van der Waals surface area (Å²) in [6.07, 6.45) is 1.41. The molecule has 0 unspecified atom stereocenters. The Hall–Kier alpha value is -0.910. The molecule has 2 N–H and O–H groups in total. The Morgan fingerprint density at radius 1 is 1.58 bits per heavy atom. The maximum absolute atomic E-state index is 12.5. The largest absolute Gasteiger partial charge is 0.364 e. The van der Waals surface area contributed by atoms with Crippen LogP contribution in [-0.2, 0) is 16.1 Å². The molecule has 2 atom stereocenters. The Morgan fingerprint density at radius 3 is 2.89 bits per heavy atom. The van der Waals surface area contributed by atoms with E-state index < -0.39 is 0 Å². The molecule has 1 amide bonds. The van der Waals surface area contributed by atoms with Crippen LogP contribution in [0.2, 0.25) is 0 Å². The number of amides is 1. The van der Waals surface area contributed by atoms with Crippen LogP contribution < -0.4 is 5.73 Å². The van der Waals surface area contributed by atoms with Gasteiger partial charge in [-0.15, -0.1) is 11.3 Å². The van der Waals surface area contributed by atoms with E-state index in [1.54, 1.807) is 11.3 Å². The van der Waals surface area contributed by atoms with Crippen LogP contribution in [0, 0.1) is 0 Å². The average molecular weight is 282 g/mol. The molecule has 5 heteroatoms. The van der Waals surface area contributed by atoms with Gasteiger partial charge in [0.15, 0.2) is 0 Å². The highest BCUT2D eigenvalue weighted by Crippen LogP contribution is 2.23. The van der Waals surface area contributed by atoms with Crippen LogP contribution in [0.5, 0.6) is 0 Å². The molecule has 2 heterocycles. The van der Waals surface area contributed by atoms with E-state index in [4.69, 9.17) is 10.5 Å². The van der Waals surface area contributed by atoms with Gasteiger partial charge in [0.2, 0.25) is 0 Å². The Bertz CT molecular complexity index is 406. The van der Waals surface area contributed by atoms with Gasteiger partial charge in [0.05, 0.1) is 12.6 Å². The van der Waals surface area contributed by atoms with Gasteiger partial charge in [0.1, 0.15) is 6.10 Å². The minimum Gasteiger partial charge on any atom is -0.364 e. The van der Waals surface area contributed by atoms with Crippen LogP contribution in [0.1, 0.15) is 31.6 Å². The lowest BCUT2D eigenvalue weighted by Crippen LogP contribution is -2.43. The molecule has 1 aromatic rings. The average Bonchev–Trinajstić information content (AvgIpc) is 3.05. The molecule has 1 saturated heterocycles. The molecular weight excluding hydrogens is 260 g/mol.